The first kappa shape index (κ1) is 21.4. The van der Waals surface area contributed by atoms with Crippen LogP contribution in [0.25, 0.3) is 5.69 Å². The summed E-state index contributed by atoms with van der Waals surface area (Å²) >= 11 is 0. The zero-order valence-corrected chi connectivity index (χ0v) is 18.8. The van der Waals surface area contributed by atoms with Gasteiger partial charge in [-0.25, -0.2) is 9.67 Å². The first-order chi connectivity index (χ1) is 15.6. The van der Waals surface area contributed by atoms with Crippen molar-refractivity contribution in [3.63, 3.8) is 0 Å². The van der Waals surface area contributed by atoms with Crippen molar-refractivity contribution in [2.24, 2.45) is 4.99 Å². The van der Waals surface area contributed by atoms with Gasteiger partial charge >= 0.3 is 0 Å². The van der Waals surface area contributed by atoms with Crippen molar-refractivity contribution in [3.05, 3.63) is 101 Å². The summed E-state index contributed by atoms with van der Waals surface area (Å²) in [5, 5.41) is 11.4. The fourth-order valence-electron chi connectivity index (χ4n) is 3.73. The molecule has 0 unspecified atom stereocenters. The average Bonchev–Trinajstić information content (AvgIpc) is 3.39. The highest BCUT2D eigenvalue weighted by Crippen LogP contribution is 2.17. The number of nitrogens with one attached hydrogen (secondary N) is 2. The van der Waals surface area contributed by atoms with E-state index in [1.807, 2.05) is 42.2 Å². The van der Waals surface area contributed by atoms with Gasteiger partial charge in [0.2, 0.25) is 0 Å². The van der Waals surface area contributed by atoms with Crippen LogP contribution in [0.2, 0.25) is 0 Å². The molecule has 2 heterocycles. The number of imidazole rings is 1. The van der Waals surface area contributed by atoms with Gasteiger partial charge in [-0.3, -0.25) is 4.99 Å². The van der Waals surface area contributed by atoms with Crippen LogP contribution in [0, 0.1) is 13.8 Å². The maximum atomic E-state index is 4.63. The fraction of sp³-hybridized carbons (Fsp3) is 0.240. The monoisotopic (exact) mass is 427 g/mol. The maximum absolute atomic E-state index is 4.63. The number of hydrogen-bond acceptors (Lipinski definition) is 3. The molecule has 7 nitrogen and oxygen atoms in total. The van der Waals surface area contributed by atoms with Crippen molar-refractivity contribution >= 4 is 5.96 Å². The van der Waals surface area contributed by atoms with Crippen molar-refractivity contribution in [2.75, 3.05) is 7.05 Å². The van der Waals surface area contributed by atoms with Gasteiger partial charge in [0.05, 0.1) is 17.9 Å². The van der Waals surface area contributed by atoms with E-state index in [0.29, 0.717) is 13.1 Å². The van der Waals surface area contributed by atoms with Crippen molar-refractivity contribution < 1.29 is 0 Å². The molecule has 0 aliphatic rings. The van der Waals surface area contributed by atoms with Crippen molar-refractivity contribution in [1.82, 2.24) is 30.0 Å². The predicted molar refractivity (Wildman–Crippen MR) is 128 cm³/mol. The molecule has 0 amide bonds. The van der Waals surface area contributed by atoms with Gasteiger partial charge in [0.25, 0.3) is 0 Å². The van der Waals surface area contributed by atoms with Crippen LogP contribution in [-0.4, -0.2) is 32.3 Å². The lowest BCUT2D eigenvalue weighted by Crippen LogP contribution is -2.37. The summed E-state index contributed by atoms with van der Waals surface area (Å²) in [6.45, 7) is 6.09. The quantitative estimate of drug-likeness (QED) is 0.349. The molecule has 0 spiro atoms. The van der Waals surface area contributed by atoms with Gasteiger partial charge in [0.15, 0.2) is 5.96 Å². The van der Waals surface area contributed by atoms with Crippen molar-refractivity contribution in [1.29, 1.82) is 0 Å². The minimum absolute atomic E-state index is 0.582. The molecule has 0 fully saturated rings. The van der Waals surface area contributed by atoms with Crippen LogP contribution in [0.1, 0.15) is 28.3 Å². The molecule has 32 heavy (non-hydrogen) atoms. The maximum Gasteiger partial charge on any atom is 0.191 e. The number of benzene rings is 2. The molecule has 0 saturated carbocycles. The number of aromatic nitrogens is 4. The third-order valence-electron chi connectivity index (χ3n) is 5.31. The lowest BCUT2D eigenvalue weighted by Gasteiger charge is -2.15. The number of guanidine groups is 1. The van der Waals surface area contributed by atoms with E-state index in [1.54, 1.807) is 7.05 Å². The lowest BCUT2D eigenvalue weighted by atomic mass is 10.1. The summed E-state index contributed by atoms with van der Waals surface area (Å²) in [4.78, 5) is 8.88. The highest BCUT2D eigenvalue weighted by Gasteiger charge is 2.10. The SMILES string of the molecule is CN=C(NCc1ccccc1-n1nc(C)cc1C)NCc1nccn1Cc1ccccc1. The zero-order valence-electron chi connectivity index (χ0n) is 18.8. The Labute approximate surface area is 188 Å². The van der Waals surface area contributed by atoms with Crippen LogP contribution in [0.15, 0.2) is 78.0 Å². The van der Waals surface area contributed by atoms with Gasteiger partial charge in [-0.05, 0) is 37.1 Å². The van der Waals surface area contributed by atoms with Crippen LogP contribution in [0.5, 0.6) is 0 Å². The molecule has 7 heteroatoms. The molecule has 0 aliphatic heterocycles. The molecule has 0 atom stereocenters. The molecule has 164 valence electrons. The smallest absolute Gasteiger partial charge is 0.191 e. The van der Waals surface area contributed by atoms with E-state index in [9.17, 15) is 0 Å². The Morgan fingerprint density at radius 2 is 1.72 bits per heavy atom. The van der Waals surface area contributed by atoms with E-state index in [4.69, 9.17) is 0 Å². The standard InChI is InChI=1S/C25H29N7/c1-19-15-20(2)32(30-19)23-12-8-7-11-22(23)16-28-25(26-3)29-17-24-27-13-14-31(24)18-21-9-5-4-6-10-21/h4-15H,16-18H2,1-3H3,(H2,26,28,29). The number of rotatable bonds is 7. The fourth-order valence-corrected chi connectivity index (χ4v) is 3.73. The Morgan fingerprint density at radius 1 is 0.969 bits per heavy atom. The molecule has 0 bridgehead atoms. The summed E-state index contributed by atoms with van der Waals surface area (Å²) in [6, 6.07) is 20.8. The van der Waals surface area contributed by atoms with Crippen molar-refractivity contribution in [2.45, 2.75) is 33.5 Å². The second-order valence-electron chi connectivity index (χ2n) is 7.70. The summed E-state index contributed by atoms with van der Waals surface area (Å²) in [5.41, 5.74) is 5.58. The third kappa shape index (κ3) is 5.06. The Bertz CT molecular complexity index is 1190. The Balaban J connectivity index is 1.39. The second-order valence-corrected chi connectivity index (χ2v) is 7.70. The van der Waals surface area contributed by atoms with Gasteiger partial charge in [-0.15, -0.1) is 0 Å². The molecule has 4 rings (SSSR count). The zero-order chi connectivity index (χ0) is 22.3. The minimum atomic E-state index is 0.582. The topological polar surface area (TPSA) is 72.1 Å². The average molecular weight is 428 g/mol. The Hall–Kier alpha value is -3.87. The van der Waals surface area contributed by atoms with Crippen LogP contribution in [0.3, 0.4) is 0 Å². The molecular formula is C25H29N7. The Morgan fingerprint density at radius 3 is 2.47 bits per heavy atom. The summed E-state index contributed by atoms with van der Waals surface area (Å²) in [7, 11) is 1.78. The third-order valence-corrected chi connectivity index (χ3v) is 5.31. The summed E-state index contributed by atoms with van der Waals surface area (Å²) in [5.74, 6) is 1.68. The summed E-state index contributed by atoms with van der Waals surface area (Å²) in [6.07, 6.45) is 3.84. The highest BCUT2D eigenvalue weighted by atomic mass is 15.3. The molecule has 2 N–H and O–H groups in total. The molecule has 0 radical (unpaired) electrons. The summed E-state index contributed by atoms with van der Waals surface area (Å²) < 4.78 is 4.14. The molecule has 2 aromatic heterocycles. The number of para-hydroxylation sites is 1. The first-order valence-electron chi connectivity index (χ1n) is 10.7. The van der Waals surface area contributed by atoms with E-state index in [1.165, 1.54) is 5.56 Å². The van der Waals surface area contributed by atoms with Crippen LogP contribution in [0.4, 0.5) is 0 Å². The number of aryl methyl sites for hydroxylation is 2. The predicted octanol–water partition coefficient (Wildman–Crippen LogP) is 3.60. The van der Waals surface area contributed by atoms with Crippen LogP contribution >= 0.6 is 0 Å². The molecule has 0 aliphatic carbocycles. The van der Waals surface area contributed by atoms with E-state index in [-0.39, 0.29) is 0 Å². The van der Waals surface area contributed by atoms with Gasteiger partial charge in [0, 0.05) is 38.2 Å². The van der Waals surface area contributed by atoms with E-state index >= 15 is 0 Å². The van der Waals surface area contributed by atoms with E-state index < -0.39 is 0 Å². The van der Waals surface area contributed by atoms with Gasteiger partial charge in [-0.2, -0.15) is 5.10 Å². The van der Waals surface area contributed by atoms with Crippen molar-refractivity contribution in [3.8, 4) is 5.69 Å². The minimum Gasteiger partial charge on any atom is -0.352 e. The molecular weight excluding hydrogens is 398 g/mol. The number of nitrogens with zero attached hydrogens (tertiary/aromatic N) is 5. The lowest BCUT2D eigenvalue weighted by molar-refractivity contribution is 0.687. The first-order valence-corrected chi connectivity index (χ1v) is 10.7. The molecule has 4 aromatic rings. The van der Waals surface area contributed by atoms with Gasteiger partial charge in [-0.1, -0.05) is 48.5 Å². The van der Waals surface area contributed by atoms with E-state index in [2.05, 4.69) is 79.7 Å². The van der Waals surface area contributed by atoms with E-state index in [0.717, 1.165) is 41.0 Å². The van der Waals surface area contributed by atoms with Gasteiger partial charge in [0.1, 0.15) is 5.82 Å². The normalized spacial score (nSPS) is 11.5. The Kier molecular flexibility index (Phi) is 6.65. The number of hydrogen-bond donors (Lipinski definition) is 2. The highest BCUT2D eigenvalue weighted by molar-refractivity contribution is 5.79. The number of aliphatic imine (C=N–C) groups is 1. The molecule has 2 aromatic carbocycles. The van der Waals surface area contributed by atoms with Crippen LogP contribution < -0.4 is 10.6 Å². The molecule has 0 saturated heterocycles. The second kappa shape index (κ2) is 9.96. The largest absolute Gasteiger partial charge is 0.352 e. The van der Waals surface area contributed by atoms with Gasteiger partial charge < -0.3 is 15.2 Å². The van der Waals surface area contributed by atoms with Crippen LogP contribution in [-0.2, 0) is 19.6 Å².